The van der Waals surface area contributed by atoms with Crippen LogP contribution in [0.15, 0.2) is 54.6 Å². The maximum Gasteiger partial charge on any atom is 0.0627 e. The summed E-state index contributed by atoms with van der Waals surface area (Å²) in [7, 11) is 0. The number of hydrogen-bond donors (Lipinski definition) is 1. The molecule has 0 radical (unpaired) electrons. The molecule has 2 aromatic rings. The maximum atomic E-state index is 8.97. The number of rotatable bonds is 5. The Morgan fingerprint density at radius 2 is 1.71 bits per heavy atom. The lowest BCUT2D eigenvalue weighted by Crippen LogP contribution is -2.36. The van der Waals surface area contributed by atoms with Crippen molar-refractivity contribution in [3.63, 3.8) is 0 Å². The fourth-order valence-electron chi connectivity index (χ4n) is 3.71. The van der Waals surface area contributed by atoms with Gasteiger partial charge in [0, 0.05) is 19.0 Å². The molecule has 1 aliphatic rings. The Kier molecular flexibility index (Phi) is 5.33. The van der Waals surface area contributed by atoms with Crippen LogP contribution in [0.2, 0.25) is 0 Å². The number of nitrogens with zero attached hydrogens (tertiary/aromatic N) is 1. The monoisotopic (exact) mass is 318 g/mol. The van der Waals surface area contributed by atoms with Crippen molar-refractivity contribution in [3.05, 3.63) is 60.2 Å². The molecule has 124 valence electrons. The Hall–Kier alpha value is -2.11. The van der Waals surface area contributed by atoms with Crippen LogP contribution < -0.4 is 5.32 Å². The smallest absolute Gasteiger partial charge is 0.0627 e. The summed E-state index contributed by atoms with van der Waals surface area (Å²) in [6.07, 6.45) is 5.34. The first-order valence-electron chi connectivity index (χ1n) is 8.94. The van der Waals surface area contributed by atoms with Crippen molar-refractivity contribution in [1.82, 2.24) is 5.32 Å². The highest BCUT2D eigenvalue weighted by Gasteiger charge is 2.30. The zero-order chi connectivity index (χ0) is 16.8. The highest BCUT2D eigenvalue weighted by Crippen LogP contribution is 2.38. The van der Waals surface area contributed by atoms with E-state index in [1.165, 1.54) is 29.5 Å². The van der Waals surface area contributed by atoms with Crippen molar-refractivity contribution < 1.29 is 0 Å². The van der Waals surface area contributed by atoms with Crippen LogP contribution in [-0.4, -0.2) is 6.04 Å². The van der Waals surface area contributed by atoms with Gasteiger partial charge in [-0.25, -0.2) is 0 Å². The van der Waals surface area contributed by atoms with Crippen LogP contribution >= 0.6 is 0 Å². The van der Waals surface area contributed by atoms with Crippen molar-refractivity contribution >= 4 is 0 Å². The minimum atomic E-state index is 0.231. The molecule has 0 heterocycles. The summed E-state index contributed by atoms with van der Waals surface area (Å²) in [5.74, 6) is 0. The van der Waals surface area contributed by atoms with Crippen LogP contribution in [0.3, 0.4) is 0 Å². The van der Waals surface area contributed by atoms with Gasteiger partial charge in [-0.3, -0.25) is 0 Å². The van der Waals surface area contributed by atoms with Crippen LogP contribution in [0, 0.1) is 16.7 Å². The van der Waals surface area contributed by atoms with Gasteiger partial charge in [-0.1, -0.05) is 61.5 Å². The van der Waals surface area contributed by atoms with Gasteiger partial charge in [0.05, 0.1) is 6.07 Å². The zero-order valence-corrected chi connectivity index (χ0v) is 14.5. The van der Waals surface area contributed by atoms with E-state index in [1.807, 2.05) is 0 Å². The minimum Gasteiger partial charge on any atom is -0.310 e. The molecule has 0 aliphatic heterocycles. The summed E-state index contributed by atoms with van der Waals surface area (Å²) in [6, 6.07) is 22.2. The van der Waals surface area contributed by atoms with Crippen molar-refractivity contribution in [1.29, 1.82) is 5.26 Å². The molecule has 0 saturated heterocycles. The molecular weight excluding hydrogens is 292 g/mol. The molecule has 24 heavy (non-hydrogen) atoms. The lowest BCUT2D eigenvalue weighted by molar-refractivity contribution is 0.188. The average Bonchev–Trinajstić information content (AvgIpc) is 2.62. The molecule has 1 N–H and O–H groups in total. The second kappa shape index (κ2) is 7.64. The number of hydrogen-bond acceptors (Lipinski definition) is 2. The summed E-state index contributed by atoms with van der Waals surface area (Å²) in [6.45, 7) is 3.17. The van der Waals surface area contributed by atoms with Gasteiger partial charge in [0.1, 0.15) is 0 Å². The Balaban J connectivity index is 1.62. The highest BCUT2D eigenvalue weighted by molar-refractivity contribution is 5.67. The predicted octanol–water partition coefficient (Wildman–Crippen LogP) is 5.31. The van der Waals surface area contributed by atoms with E-state index in [2.05, 4.69) is 72.9 Å². The first-order chi connectivity index (χ1) is 11.7. The topological polar surface area (TPSA) is 35.8 Å². The van der Waals surface area contributed by atoms with E-state index < -0.39 is 0 Å². The first kappa shape index (κ1) is 16.7. The maximum absolute atomic E-state index is 8.97. The third-order valence-corrected chi connectivity index (χ3v) is 5.38. The van der Waals surface area contributed by atoms with E-state index in [0.29, 0.717) is 12.5 Å². The Labute approximate surface area is 145 Å². The van der Waals surface area contributed by atoms with Crippen LogP contribution in [0.25, 0.3) is 11.1 Å². The van der Waals surface area contributed by atoms with Gasteiger partial charge in [0.25, 0.3) is 0 Å². The lowest BCUT2D eigenvalue weighted by Gasteiger charge is -2.36. The highest BCUT2D eigenvalue weighted by atomic mass is 14.9. The summed E-state index contributed by atoms with van der Waals surface area (Å²) in [4.78, 5) is 0. The van der Waals surface area contributed by atoms with E-state index in [1.54, 1.807) is 0 Å². The summed E-state index contributed by atoms with van der Waals surface area (Å²) >= 11 is 0. The zero-order valence-electron chi connectivity index (χ0n) is 14.5. The second-order valence-electron chi connectivity index (χ2n) is 7.32. The molecule has 0 amide bonds. The van der Waals surface area contributed by atoms with E-state index in [-0.39, 0.29) is 5.41 Å². The predicted molar refractivity (Wildman–Crippen MR) is 99.3 cm³/mol. The number of nitrogens with one attached hydrogen (secondary N) is 1. The fraction of sp³-hybridized carbons (Fsp3) is 0.409. The molecule has 1 aliphatic carbocycles. The molecule has 3 rings (SSSR count). The third-order valence-electron chi connectivity index (χ3n) is 5.38. The Morgan fingerprint density at radius 1 is 1.04 bits per heavy atom. The molecule has 2 aromatic carbocycles. The Bertz CT molecular complexity index is 691. The summed E-state index contributed by atoms with van der Waals surface area (Å²) in [5.41, 5.74) is 4.18. The van der Waals surface area contributed by atoms with Gasteiger partial charge in [-0.15, -0.1) is 0 Å². The first-order valence-corrected chi connectivity index (χ1v) is 8.94. The van der Waals surface area contributed by atoms with Gasteiger partial charge >= 0.3 is 0 Å². The van der Waals surface area contributed by atoms with E-state index in [9.17, 15) is 0 Å². The third kappa shape index (κ3) is 4.04. The largest absolute Gasteiger partial charge is 0.310 e. The molecule has 2 heteroatoms. The van der Waals surface area contributed by atoms with Crippen molar-refractivity contribution in [3.8, 4) is 17.2 Å². The molecule has 0 aromatic heterocycles. The molecule has 0 unspecified atom stereocenters. The van der Waals surface area contributed by atoms with E-state index >= 15 is 0 Å². The van der Waals surface area contributed by atoms with Gasteiger partial charge in [-0.2, -0.15) is 5.26 Å². The van der Waals surface area contributed by atoms with Gasteiger partial charge in [0.15, 0.2) is 0 Å². The summed E-state index contributed by atoms with van der Waals surface area (Å²) < 4.78 is 0. The van der Waals surface area contributed by atoms with Crippen LogP contribution in [0.1, 0.15) is 44.6 Å². The minimum absolute atomic E-state index is 0.231. The summed E-state index contributed by atoms with van der Waals surface area (Å²) in [5, 5.41) is 12.7. The fourth-order valence-corrected chi connectivity index (χ4v) is 3.71. The molecule has 0 bridgehead atoms. The van der Waals surface area contributed by atoms with E-state index in [4.69, 9.17) is 5.26 Å². The van der Waals surface area contributed by atoms with Crippen molar-refractivity contribution in [2.24, 2.45) is 5.41 Å². The number of benzene rings is 2. The van der Waals surface area contributed by atoms with Crippen molar-refractivity contribution in [2.75, 3.05) is 0 Å². The molecule has 2 nitrogen and oxygen atoms in total. The van der Waals surface area contributed by atoms with Crippen LogP contribution in [0.5, 0.6) is 0 Å². The van der Waals surface area contributed by atoms with Crippen molar-refractivity contribution in [2.45, 2.75) is 51.6 Å². The second-order valence-corrected chi connectivity index (χ2v) is 7.32. The SMILES string of the molecule is CC1(CC#N)CCC(NCc2ccccc2-c2ccccc2)CC1. The van der Waals surface area contributed by atoms with E-state index in [0.717, 1.165) is 19.4 Å². The van der Waals surface area contributed by atoms with Crippen LogP contribution in [-0.2, 0) is 6.54 Å². The number of nitriles is 1. The Morgan fingerprint density at radius 3 is 2.42 bits per heavy atom. The molecule has 0 atom stereocenters. The average molecular weight is 318 g/mol. The molecule has 0 spiro atoms. The van der Waals surface area contributed by atoms with Gasteiger partial charge < -0.3 is 5.32 Å². The standard InChI is InChI=1S/C22H26N2/c1-22(15-16-23)13-11-20(12-14-22)24-17-19-9-5-6-10-21(19)18-7-3-2-4-8-18/h2-10,20,24H,11-15,17H2,1H3. The molecule has 1 saturated carbocycles. The molecular formula is C22H26N2. The quantitative estimate of drug-likeness (QED) is 0.811. The van der Waals surface area contributed by atoms with Gasteiger partial charge in [-0.05, 0) is 47.8 Å². The van der Waals surface area contributed by atoms with Crippen LogP contribution in [0.4, 0.5) is 0 Å². The lowest BCUT2D eigenvalue weighted by atomic mass is 9.72. The normalized spacial score (nSPS) is 23.6. The molecule has 1 fully saturated rings. The van der Waals surface area contributed by atoms with Gasteiger partial charge in [0.2, 0.25) is 0 Å².